The fourth-order valence-electron chi connectivity index (χ4n) is 1.89. The van der Waals surface area contributed by atoms with E-state index in [1.807, 2.05) is 48.5 Å². The van der Waals surface area contributed by atoms with Crippen molar-refractivity contribution >= 4 is 22.7 Å². The zero-order valence-corrected chi connectivity index (χ0v) is 12.3. The van der Waals surface area contributed by atoms with Crippen molar-refractivity contribution in [2.45, 2.75) is 6.92 Å². The summed E-state index contributed by atoms with van der Waals surface area (Å²) >= 11 is 1.49. The molecule has 0 bridgehead atoms. The molecule has 0 amide bonds. The smallest absolute Gasteiger partial charge is 0.226 e. The summed E-state index contributed by atoms with van der Waals surface area (Å²) in [5.74, 6) is 0. The van der Waals surface area contributed by atoms with Gasteiger partial charge in [-0.1, -0.05) is 65.9 Å². The minimum absolute atomic E-state index is 0.681. The standard InChI is InChI=1S/C16H14N4S/c1-12-7-5-6-10-14(12)15-18-20-16(21-15)19-17-11-13-8-3-2-4-9-13/h2-11H,1H3,(H,19,20)/b17-11+. The van der Waals surface area contributed by atoms with Crippen LogP contribution in [-0.2, 0) is 0 Å². The highest BCUT2D eigenvalue weighted by molar-refractivity contribution is 7.18. The van der Waals surface area contributed by atoms with Gasteiger partial charge in [-0.25, -0.2) is 0 Å². The van der Waals surface area contributed by atoms with E-state index in [2.05, 4.69) is 33.7 Å². The number of anilines is 1. The zero-order chi connectivity index (χ0) is 14.5. The van der Waals surface area contributed by atoms with Crippen molar-refractivity contribution in [3.8, 4) is 10.6 Å². The SMILES string of the molecule is Cc1ccccc1-c1nnc(N/N=C/c2ccccc2)s1. The number of rotatable bonds is 4. The maximum Gasteiger partial charge on any atom is 0.226 e. The molecule has 104 valence electrons. The lowest BCUT2D eigenvalue weighted by Gasteiger charge is -1.98. The molecule has 0 saturated carbocycles. The van der Waals surface area contributed by atoms with Gasteiger partial charge in [-0.15, -0.1) is 10.2 Å². The van der Waals surface area contributed by atoms with E-state index in [0.717, 1.165) is 16.1 Å². The number of nitrogens with zero attached hydrogens (tertiary/aromatic N) is 3. The Morgan fingerprint density at radius 1 is 1.00 bits per heavy atom. The molecule has 2 aromatic carbocycles. The van der Waals surface area contributed by atoms with Gasteiger partial charge in [0.15, 0.2) is 0 Å². The van der Waals surface area contributed by atoms with Gasteiger partial charge in [-0.2, -0.15) is 5.10 Å². The van der Waals surface area contributed by atoms with Gasteiger partial charge in [0, 0.05) is 5.56 Å². The first-order valence-corrected chi connectivity index (χ1v) is 7.38. The zero-order valence-electron chi connectivity index (χ0n) is 11.5. The lowest BCUT2D eigenvalue weighted by molar-refractivity contribution is 1.08. The second-order valence-corrected chi connectivity index (χ2v) is 5.49. The van der Waals surface area contributed by atoms with Gasteiger partial charge in [-0.3, -0.25) is 5.43 Å². The van der Waals surface area contributed by atoms with E-state index < -0.39 is 0 Å². The summed E-state index contributed by atoms with van der Waals surface area (Å²) in [7, 11) is 0. The lowest BCUT2D eigenvalue weighted by atomic mass is 10.1. The van der Waals surface area contributed by atoms with Gasteiger partial charge in [0.05, 0.1) is 6.21 Å². The molecular weight excluding hydrogens is 280 g/mol. The van der Waals surface area contributed by atoms with Crippen molar-refractivity contribution < 1.29 is 0 Å². The average Bonchev–Trinajstić information content (AvgIpc) is 2.97. The molecule has 0 aliphatic carbocycles. The van der Waals surface area contributed by atoms with Crippen LogP contribution < -0.4 is 5.43 Å². The highest BCUT2D eigenvalue weighted by Crippen LogP contribution is 2.28. The first-order chi connectivity index (χ1) is 10.3. The molecule has 21 heavy (non-hydrogen) atoms. The monoisotopic (exact) mass is 294 g/mol. The Bertz CT molecular complexity index is 750. The maximum absolute atomic E-state index is 4.21. The van der Waals surface area contributed by atoms with Crippen molar-refractivity contribution in [1.29, 1.82) is 0 Å². The van der Waals surface area contributed by atoms with Gasteiger partial charge in [0.1, 0.15) is 5.01 Å². The third-order valence-electron chi connectivity index (χ3n) is 2.97. The van der Waals surface area contributed by atoms with E-state index in [9.17, 15) is 0 Å². The molecule has 1 N–H and O–H groups in total. The van der Waals surface area contributed by atoms with E-state index in [4.69, 9.17) is 0 Å². The second kappa shape index (κ2) is 6.28. The van der Waals surface area contributed by atoms with Gasteiger partial charge in [0.25, 0.3) is 0 Å². The fourth-order valence-corrected chi connectivity index (χ4v) is 2.68. The first kappa shape index (κ1) is 13.5. The Balaban J connectivity index is 1.71. The van der Waals surface area contributed by atoms with Gasteiger partial charge < -0.3 is 0 Å². The number of nitrogens with one attached hydrogen (secondary N) is 1. The Hall–Kier alpha value is -2.53. The van der Waals surface area contributed by atoms with E-state index >= 15 is 0 Å². The van der Waals surface area contributed by atoms with Crippen LogP contribution in [0.2, 0.25) is 0 Å². The van der Waals surface area contributed by atoms with Crippen LogP contribution in [0.15, 0.2) is 59.7 Å². The summed E-state index contributed by atoms with van der Waals surface area (Å²) in [6.07, 6.45) is 1.76. The topological polar surface area (TPSA) is 50.2 Å². The molecule has 1 aromatic heterocycles. The number of benzene rings is 2. The summed E-state index contributed by atoms with van der Waals surface area (Å²) in [5.41, 5.74) is 6.25. The highest BCUT2D eigenvalue weighted by Gasteiger charge is 2.07. The van der Waals surface area contributed by atoms with Gasteiger partial charge >= 0.3 is 0 Å². The molecule has 5 heteroatoms. The van der Waals surface area contributed by atoms with Crippen LogP contribution in [0.3, 0.4) is 0 Å². The minimum Gasteiger partial charge on any atom is -0.251 e. The number of hydrogen-bond donors (Lipinski definition) is 1. The molecular formula is C16H14N4S. The van der Waals surface area contributed by atoms with Crippen LogP contribution in [0.1, 0.15) is 11.1 Å². The largest absolute Gasteiger partial charge is 0.251 e. The van der Waals surface area contributed by atoms with Crippen LogP contribution in [0.5, 0.6) is 0 Å². The Morgan fingerprint density at radius 3 is 2.57 bits per heavy atom. The molecule has 0 unspecified atom stereocenters. The first-order valence-electron chi connectivity index (χ1n) is 6.56. The molecule has 3 rings (SSSR count). The summed E-state index contributed by atoms with van der Waals surface area (Å²) in [6, 6.07) is 18.0. The van der Waals surface area contributed by atoms with Crippen molar-refractivity contribution in [3.63, 3.8) is 0 Å². The second-order valence-electron chi connectivity index (χ2n) is 4.51. The Kier molecular flexibility index (Phi) is 4.02. The molecule has 0 aliphatic heterocycles. The molecule has 0 spiro atoms. The molecule has 0 atom stereocenters. The molecule has 0 saturated heterocycles. The van der Waals surface area contributed by atoms with Crippen LogP contribution in [0, 0.1) is 6.92 Å². The molecule has 0 fully saturated rings. The molecule has 0 radical (unpaired) electrons. The number of hydrazone groups is 1. The van der Waals surface area contributed by atoms with Crippen molar-refractivity contribution in [1.82, 2.24) is 10.2 Å². The van der Waals surface area contributed by atoms with E-state index in [1.165, 1.54) is 16.9 Å². The van der Waals surface area contributed by atoms with Crippen molar-refractivity contribution in [3.05, 3.63) is 65.7 Å². The van der Waals surface area contributed by atoms with Gasteiger partial charge in [0.2, 0.25) is 5.13 Å². The number of hydrogen-bond acceptors (Lipinski definition) is 5. The molecule has 3 aromatic rings. The van der Waals surface area contributed by atoms with Gasteiger partial charge in [-0.05, 0) is 18.1 Å². The third kappa shape index (κ3) is 3.32. The molecule has 1 heterocycles. The number of aryl methyl sites for hydroxylation is 1. The molecule has 0 aliphatic rings. The quantitative estimate of drug-likeness (QED) is 0.585. The van der Waals surface area contributed by atoms with Crippen molar-refractivity contribution in [2.24, 2.45) is 5.10 Å². The van der Waals surface area contributed by atoms with Crippen LogP contribution >= 0.6 is 11.3 Å². The normalized spacial score (nSPS) is 10.9. The summed E-state index contributed by atoms with van der Waals surface area (Å²) in [5, 5.41) is 14.1. The molecule has 4 nitrogen and oxygen atoms in total. The van der Waals surface area contributed by atoms with E-state index in [0.29, 0.717) is 5.13 Å². The Morgan fingerprint density at radius 2 is 1.76 bits per heavy atom. The fraction of sp³-hybridized carbons (Fsp3) is 0.0625. The third-order valence-corrected chi connectivity index (χ3v) is 3.84. The predicted molar refractivity (Wildman–Crippen MR) is 87.7 cm³/mol. The Labute approximate surface area is 127 Å². The average molecular weight is 294 g/mol. The summed E-state index contributed by atoms with van der Waals surface area (Å²) in [4.78, 5) is 0. The summed E-state index contributed by atoms with van der Waals surface area (Å²) < 4.78 is 0. The number of aromatic nitrogens is 2. The minimum atomic E-state index is 0.681. The lowest BCUT2D eigenvalue weighted by Crippen LogP contribution is -1.89. The van der Waals surface area contributed by atoms with E-state index in [1.54, 1.807) is 6.21 Å². The van der Waals surface area contributed by atoms with E-state index in [-0.39, 0.29) is 0 Å². The van der Waals surface area contributed by atoms with Crippen LogP contribution in [0.4, 0.5) is 5.13 Å². The van der Waals surface area contributed by atoms with Crippen LogP contribution in [-0.4, -0.2) is 16.4 Å². The highest BCUT2D eigenvalue weighted by atomic mass is 32.1. The van der Waals surface area contributed by atoms with Crippen LogP contribution in [0.25, 0.3) is 10.6 Å². The predicted octanol–water partition coefficient (Wildman–Crippen LogP) is 3.96. The maximum atomic E-state index is 4.21. The summed E-state index contributed by atoms with van der Waals surface area (Å²) in [6.45, 7) is 2.07. The van der Waals surface area contributed by atoms with Crippen molar-refractivity contribution in [2.75, 3.05) is 5.43 Å².